The maximum Gasteiger partial charge on any atom is 0.287 e. The van der Waals surface area contributed by atoms with E-state index in [1.54, 1.807) is 36.4 Å². The molecule has 0 fully saturated rings. The third kappa shape index (κ3) is 4.84. The molecule has 0 aliphatic heterocycles. The van der Waals surface area contributed by atoms with E-state index in [4.69, 9.17) is 20.8 Å². The van der Waals surface area contributed by atoms with Crippen molar-refractivity contribution in [3.63, 3.8) is 0 Å². The summed E-state index contributed by atoms with van der Waals surface area (Å²) in [6.07, 6.45) is 2.99. The Morgan fingerprint density at radius 3 is 2.86 bits per heavy atom. The number of halogens is 2. The summed E-state index contributed by atoms with van der Waals surface area (Å²) >= 11 is 10.7. The minimum atomic E-state index is -0.374. The highest BCUT2D eigenvalue weighted by molar-refractivity contribution is 9.10. The Kier molecular flexibility index (Phi) is 5.94. The Balaban J connectivity index is 1.59. The first kappa shape index (κ1) is 19.6. The predicted octanol–water partition coefficient (Wildman–Crippen LogP) is 5.75. The van der Waals surface area contributed by atoms with Crippen LogP contribution in [-0.4, -0.2) is 23.7 Å². The third-order valence-corrected chi connectivity index (χ3v) is 5.52. The van der Waals surface area contributed by atoms with Crippen molar-refractivity contribution in [1.29, 1.82) is 0 Å². The van der Waals surface area contributed by atoms with Crippen LogP contribution in [0.4, 0.5) is 5.13 Å². The van der Waals surface area contributed by atoms with Crippen molar-refractivity contribution in [2.24, 2.45) is 5.10 Å². The van der Waals surface area contributed by atoms with Gasteiger partial charge < -0.3 is 9.15 Å². The molecule has 0 atom stereocenters. The molecule has 6 nitrogen and oxygen atoms in total. The molecule has 0 saturated carbocycles. The van der Waals surface area contributed by atoms with Gasteiger partial charge in [-0.2, -0.15) is 10.1 Å². The summed E-state index contributed by atoms with van der Waals surface area (Å²) in [6, 6.07) is 16.0. The lowest BCUT2D eigenvalue weighted by Crippen LogP contribution is -2.30. The van der Waals surface area contributed by atoms with E-state index < -0.39 is 0 Å². The van der Waals surface area contributed by atoms with E-state index in [2.05, 4.69) is 26.0 Å². The molecule has 146 valence electrons. The lowest BCUT2D eigenvalue weighted by Gasteiger charge is -2.14. The average Bonchev–Trinajstić information content (AvgIpc) is 3.37. The van der Waals surface area contributed by atoms with Crippen molar-refractivity contribution in [3.05, 3.63) is 76.1 Å². The fourth-order valence-corrected chi connectivity index (χ4v) is 4.03. The van der Waals surface area contributed by atoms with Crippen LogP contribution >= 0.6 is 38.9 Å². The van der Waals surface area contributed by atoms with Gasteiger partial charge in [0.25, 0.3) is 5.91 Å². The van der Waals surface area contributed by atoms with Gasteiger partial charge >= 0.3 is 0 Å². The number of ether oxygens (including phenoxy) is 1. The summed E-state index contributed by atoms with van der Waals surface area (Å²) in [7, 11) is 0. The number of fused-ring (bicyclic) bond motifs is 1. The average molecular weight is 491 g/mol. The number of rotatable bonds is 6. The molecule has 2 aromatic carbocycles. The second-order valence-electron chi connectivity index (χ2n) is 5.82. The van der Waals surface area contributed by atoms with E-state index in [1.807, 2.05) is 18.2 Å². The van der Waals surface area contributed by atoms with Crippen LogP contribution in [0.2, 0.25) is 5.02 Å². The van der Waals surface area contributed by atoms with Gasteiger partial charge in [-0.3, -0.25) is 4.79 Å². The monoisotopic (exact) mass is 489 g/mol. The summed E-state index contributed by atoms with van der Waals surface area (Å²) in [6.45, 7) is -0.212. The number of benzene rings is 2. The Bertz CT molecular complexity index is 1160. The van der Waals surface area contributed by atoms with Crippen LogP contribution in [0.5, 0.6) is 5.75 Å². The van der Waals surface area contributed by atoms with E-state index in [1.165, 1.54) is 28.8 Å². The molecule has 0 spiro atoms. The summed E-state index contributed by atoms with van der Waals surface area (Å²) in [4.78, 5) is 17.4. The molecule has 0 bridgehead atoms. The smallest absolute Gasteiger partial charge is 0.287 e. The van der Waals surface area contributed by atoms with Gasteiger partial charge in [-0.1, -0.05) is 38.9 Å². The van der Waals surface area contributed by atoms with Gasteiger partial charge in [0.1, 0.15) is 11.5 Å². The predicted molar refractivity (Wildman–Crippen MR) is 118 cm³/mol. The largest absolute Gasteiger partial charge is 0.484 e. The molecule has 4 aromatic rings. The van der Waals surface area contributed by atoms with E-state index in [-0.39, 0.29) is 12.5 Å². The van der Waals surface area contributed by atoms with Crippen LogP contribution in [0.25, 0.3) is 10.2 Å². The second kappa shape index (κ2) is 8.77. The number of hydrogen-bond acceptors (Lipinski definition) is 6. The number of hydrogen-bond donors (Lipinski definition) is 0. The number of carbonyl (C=O) groups is 1. The van der Waals surface area contributed by atoms with Crippen LogP contribution in [0.15, 0.2) is 74.9 Å². The molecule has 0 radical (unpaired) electrons. The molecule has 2 heterocycles. The van der Waals surface area contributed by atoms with Crippen LogP contribution in [0.3, 0.4) is 0 Å². The van der Waals surface area contributed by atoms with Crippen molar-refractivity contribution < 1.29 is 13.9 Å². The van der Waals surface area contributed by atoms with Gasteiger partial charge in [0.15, 0.2) is 6.61 Å². The van der Waals surface area contributed by atoms with E-state index in [0.29, 0.717) is 21.7 Å². The van der Waals surface area contributed by atoms with Gasteiger partial charge in [-0.15, -0.1) is 0 Å². The van der Waals surface area contributed by atoms with Gasteiger partial charge in [0.05, 0.1) is 22.7 Å². The van der Waals surface area contributed by atoms with Crippen molar-refractivity contribution in [2.45, 2.75) is 0 Å². The van der Waals surface area contributed by atoms with Crippen molar-refractivity contribution in [2.75, 3.05) is 11.6 Å². The maximum absolute atomic E-state index is 12.9. The molecule has 2 aromatic heterocycles. The minimum Gasteiger partial charge on any atom is -0.484 e. The van der Waals surface area contributed by atoms with E-state index in [0.717, 1.165) is 14.7 Å². The van der Waals surface area contributed by atoms with Crippen LogP contribution in [-0.2, 0) is 4.79 Å². The number of anilines is 1. The minimum absolute atomic E-state index is 0.212. The quantitative estimate of drug-likeness (QED) is 0.255. The number of furan rings is 1. The van der Waals surface area contributed by atoms with Crippen molar-refractivity contribution in [1.82, 2.24) is 4.98 Å². The number of carbonyl (C=O) groups excluding carboxylic acids is 1. The Hall–Kier alpha value is -2.68. The Morgan fingerprint density at radius 2 is 2.10 bits per heavy atom. The lowest BCUT2D eigenvalue weighted by molar-refractivity contribution is -0.120. The van der Waals surface area contributed by atoms with E-state index >= 15 is 0 Å². The molecule has 4 rings (SSSR count). The van der Waals surface area contributed by atoms with Gasteiger partial charge in [-0.05, 0) is 54.6 Å². The molecular formula is C20H13BrClN3O3S. The van der Waals surface area contributed by atoms with E-state index in [9.17, 15) is 4.79 Å². The second-order valence-corrected chi connectivity index (χ2v) is 8.18. The third-order valence-electron chi connectivity index (χ3n) is 3.78. The highest BCUT2D eigenvalue weighted by atomic mass is 79.9. The molecule has 9 heteroatoms. The van der Waals surface area contributed by atoms with Crippen molar-refractivity contribution >= 4 is 66.3 Å². The molecule has 0 unspecified atom stereocenters. The number of aromatic nitrogens is 1. The number of amides is 1. The molecule has 0 aliphatic rings. The fourth-order valence-electron chi connectivity index (χ4n) is 2.41. The highest BCUT2D eigenvalue weighted by Gasteiger charge is 2.20. The first-order valence-corrected chi connectivity index (χ1v) is 10.4. The molecule has 0 N–H and O–H groups in total. The number of thiazole rings is 1. The first-order chi connectivity index (χ1) is 14.1. The van der Waals surface area contributed by atoms with Gasteiger partial charge in [-0.25, -0.2) is 4.98 Å². The van der Waals surface area contributed by atoms with Crippen molar-refractivity contribution in [3.8, 4) is 5.75 Å². The zero-order valence-electron chi connectivity index (χ0n) is 14.8. The summed E-state index contributed by atoms with van der Waals surface area (Å²) < 4.78 is 12.7. The summed E-state index contributed by atoms with van der Waals surface area (Å²) in [5.74, 6) is 0.678. The van der Waals surface area contributed by atoms with Crippen LogP contribution in [0.1, 0.15) is 5.76 Å². The molecular weight excluding hydrogens is 478 g/mol. The van der Waals surface area contributed by atoms with Crippen LogP contribution in [0, 0.1) is 0 Å². The molecule has 0 saturated heterocycles. The molecule has 0 aliphatic carbocycles. The summed E-state index contributed by atoms with van der Waals surface area (Å²) in [5, 5.41) is 6.53. The zero-order chi connectivity index (χ0) is 20.2. The first-order valence-electron chi connectivity index (χ1n) is 8.43. The topological polar surface area (TPSA) is 67.9 Å². The lowest BCUT2D eigenvalue weighted by atomic mass is 10.3. The standard InChI is InChI=1S/C20H13BrClN3O3S/c21-13-3-8-17-18(10-13)29-20(24-17)25(23-11-16-2-1-9-27-16)19(26)12-28-15-6-4-14(22)5-7-15/h1-11H,12H2/b23-11+. The van der Waals surface area contributed by atoms with Gasteiger partial charge in [0.2, 0.25) is 5.13 Å². The Labute approximate surface area is 183 Å². The normalized spacial score (nSPS) is 11.2. The van der Waals surface area contributed by atoms with Crippen LogP contribution < -0.4 is 9.75 Å². The molecule has 1 amide bonds. The number of hydrazone groups is 1. The summed E-state index contributed by atoms with van der Waals surface area (Å²) in [5.41, 5.74) is 0.776. The fraction of sp³-hybridized carbons (Fsp3) is 0.0500. The number of nitrogens with zero attached hydrogens (tertiary/aromatic N) is 3. The maximum atomic E-state index is 12.9. The zero-order valence-corrected chi connectivity index (χ0v) is 17.9. The van der Waals surface area contributed by atoms with Gasteiger partial charge in [0, 0.05) is 9.50 Å². The highest BCUT2D eigenvalue weighted by Crippen LogP contribution is 2.31. The SMILES string of the molecule is O=C(COc1ccc(Cl)cc1)N(/N=C/c1ccco1)c1nc2ccc(Br)cc2s1. The molecule has 29 heavy (non-hydrogen) atoms. The Morgan fingerprint density at radius 1 is 1.28 bits per heavy atom.